The molecule has 0 bridgehead atoms. The Morgan fingerprint density at radius 3 is 2.27 bits per heavy atom. The molecule has 3 aromatic rings. The van der Waals surface area contributed by atoms with Gasteiger partial charge in [0.25, 0.3) is 0 Å². The molecule has 0 saturated heterocycles. The summed E-state index contributed by atoms with van der Waals surface area (Å²) < 4.78 is 7.29. The summed E-state index contributed by atoms with van der Waals surface area (Å²) in [5.41, 5.74) is 6.28. The van der Waals surface area contributed by atoms with Gasteiger partial charge in [0.1, 0.15) is 5.75 Å². The van der Waals surface area contributed by atoms with Crippen LogP contribution < -0.4 is 10.1 Å². The number of aryl methyl sites for hydroxylation is 3. The van der Waals surface area contributed by atoms with Gasteiger partial charge in [-0.25, -0.2) is 0 Å². The van der Waals surface area contributed by atoms with Crippen LogP contribution in [0.4, 0.5) is 0 Å². The van der Waals surface area contributed by atoms with Gasteiger partial charge in [-0.1, -0.05) is 46.2 Å². The fourth-order valence-electron chi connectivity index (χ4n) is 4.55. The lowest BCUT2D eigenvalue weighted by molar-refractivity contribution is -0.109. The molecule has 1 fully saturated rings. The molecule has 37 heavy (non-hydrogen) atoms. The average molecular weight is 508 g/mol. The molecule has 5 heteroatoms. The number of hydrogen-bond acceptors (Lipinski definition) is 3. The van der Waals surface area contributed by atoms with Crippen molar-refractivity contribution in [2.24, 2.45) is 13.0 Å². The molecule has 2 aromatic heterocycles. The Hall–Kier alpha value is -3.08. The van der Waals surface area contributed by atoms with E-state index in [0.717, 1.165) is 24.4 Å². The van der Waals surface area contributed by atoms with Crippen molar-refractivity contribution in [3.63, 3.8) is 0 Å². The molecule has 0 atom stereocenters. The van der Waals surface area contributed by atoms with E-state index in [0.29, 0.717) is 11.8 Å². The molecule has 5 nitrogen and oxygen atoms in total. The van der Waals surface area contributed by atoms with E-state index < -0.39 is 0 Å². The topological polar surface area (TPSA) is 56.1 Å². The third-order valence-corrected chi connectivity index (χ3v) is 6.26. The van der Waals surface area contributed by atoms with Crippen molar-refractivity contribution in [2.75, 3.05) is 13.7 Å². The number of carbonyl (C=O) groups excluding carboxylic acids is 1. The molecule has 1 aromatic carbocycles. The quantitative estimate of drug-likeness (QED) is 0.345. The third kappa shape index (κ3) is 11.2. The van der Waals surface area contributed by atoms with Gasteiger partial charge in [0.05, 0.1) is 7.11 Å². The minimum Gasteiger partial charge on any atom is -0.497 e. The molecular weight excluding hydrogens is 458 g/mol. The first-order valence-corrected chi connectivity index (χ1v) is 13.8. The highest BCUT2D eigenvalue weighted by Gasteiger charge is 2.22. The number of benzene rings is 1. The standard InChI is InChI=1S/C14H20N2O.C13H15NO.C3H8.C2H6/c1-11-8-14(6-7-16-11)13-4-2-12(3-5-13)9-15-10-17;1-10-8-14(2)9-13(10)11-5-4-6-12(7-11)15-3;1-3-2;1-2/h6-8,10,12-13H,2-5,9H2,1H3,(H,15,17);4-9H,1-3H3;3H2,1-2H3;1-2H3. The van der Waals surface area contributed by atoms with E-state index in [1.807, 2.05) is 46.1 Å². The van der Waals surface area contributed by atoms with Crippen LogP contribution in [-0.4, -0.2) is 29.6 Å². The van der Waals surface area contributed by atoms with Crippen LogP contribution in [0.5, 0.6) is 5.75 Å². The number of rotatable bonds is 6. The Labute approximate surface area is 225 Å². The fourth-order valence-corrected chi connectivity index (χ4v) is 4.55. The number of pyridine rings is 1. The summed E-state index contributed by atoms with van der Waals surface area (Å²) >= 11 is 0. The van der Waals surface area contributed by atoms with Crippen LogP contribution in [0.25, 0.3) is 11.1 Å². The molecule has 1 aliphatic rings. The predicted octanol–water partition coefficient (Wildman–Crippen LogP) is 7.86. The lowest BCUT2D eigenvalue weighted by atomic mass is 9.79. The molecule has 2 heterocycles. The van der Waals surface area contributed by atoms with Gasteiger partial charge in [-0.3, -0.25) is 9.78 Å². The van der Waals surface area contributed by atoms with Crippen LogP contribution in [0.1, 0.15) is 82.5 Å². The van der Waals surface area contributed by atoms with E-state index in [2.05, 4.69) is 72.3 Å². The van der Waals surface area contributed by atoms with Gasteiger partial charge >= 0.3 is 0 Å². The van der Waals surface area contributed by atoms with Crippen molar-refractivity contribution in [1.82, 2.24) is 14.9 Å². The Balaban J connectivity index is 0.000000317. The molecule has 204 valence electrons. The Morgan fingerprint density at radius 2 is 1.73 bits per heavy atom. The van der Waals surface area contributed by atoms with Crippen molar-refractivity contribution in [2.45, 2.75) is 79.6 Å². The minimum atomic E-state index is 0.666. The number of ether oxygens (including phenoxy) is 1. The molecule has 0 aliphatic heterocycles. The zero-order valence-electron chi connectivity index (χ0n) is 24.4. The first-order valence-electron chi connectivity index (χ1n) is 13.8. The monoisotopic (exact) mass is 507 g/mol. The second-order valence-corrected chi connectivity index (χ2v) is 9.43. The molecule has 0 spiro atoms. The zero-order valence-corrected chi connectivity index (χ0v) is 24.4. The number of nitrogens with zero attached hydrogens (tertiary/aromatic N) is 2. The van der Waals surface area contributed by atoms with Gasteiger partial charge in [-0.15, -0.1) is 0 Å². The summed E-state index contributed by atoms with van der Waals surface area (Å²) in [6, 6.07) is 12.5. The molecule has 1 saturated carbocycles. The number of amides is 1. The number of hydrogen-bond donors (Lipinski definition) is 1. The van der Waals surface area contributed by atoms with Gasteiger partial charge in [-0.2, -0.15) is 0 Å². The van der Waals surface area contributed by atoms with Crippen LogP contribution in [0.15, 0.2) is 55.0 Å². The molecule has 0 radical (unpaired) electrons. The van der Waals surface area contributed by atoms with Crippen molar-refractivity contribution in [3.8, 4) is 16.9 Å². The first-order chi connectivity index (χ1) is 17.9. The third-order valence-electron chi connectivity index (χ3n) is 6.26. The Morgan fingerprint density at radius 1 is 1.05 bits per heavy atom. The number of nitrogens with one attached hydrogen (secondary N) is 1. The van der Waals surface area contributed by atoms with Gasteiger partial charge in [0.2, 0.25) is 6.41 Å². The van der Waals surface area contributed by atoms with E-state index in [4.69, 9.17) is 4.74 Å². The smallest absolute Gasteiger partial charge is 0.207 e. The van der Waals surface area contributed by atoms with E-state index in [-0.39, 0.29) is 0 Å². The molecule has 1 aliphatic carbocycles. The summed E-state index contributed by atoms with van der Waals surface area (Å²) in [5.74, 6) is 2.25. The predicted molar refractivity (Wildman–Crippen MR) is 157 cm³/mol. The molecule has 1 N–H and O–H groups in total. The largest absolute Gasteiger partial charge is 0.497 e. The summed E-state index contributed by atoms with van der Waals surface area (Å²) in [6.45, 7) is 13.3. The van der Waals surface area contributed by atoms with Gasteiger partial charge in [0.15, 0.2) is 0 Å². The van der Waals surface area contributed by atoms with E-state index in [1.54, 1.807) is 7.11 Å². The molecule has 1 amide bonds. The van der Waals surface area contributed by atoms with Crippen LogP contribution in [0, 0.1) is 19.8 Å². The summed E-state index contributed by atoms with van der Waals surface area (Å²) in [5, 5.41) is 2.79. The second-order valence-electron chi connectivity index (χ2n) is 9.43. The van der Waals surface area contributed by atoms with Crippen LogP contribution in [0.2, 0.25) is 0 Å². The lowest BCUT2D eigenvalue weighted by Crippen LogP contribution is -2.25. The molecule has 0 unspecified atom stereocenters. The normalized spacial score (nSPS) is 16.0. The average Bonchev–Trinajstić information content (AvgIpc) is 3.27. The van der Waals surface area contributed by atoms with Crippen molar-refractivity contribution >= 4 is 6.41 Å². The molecule has 4 rings (SSSR count). The van der Waals surface area contributed by atoms with E-state index >= 15 is 0 Å². The van der Waals surface area contributed by atoms with Gasteiger partial charge < -0.3 is 14.6 Å². The highest BCUT2D eigenvalue weighted by molar-refractivity contribution is 5.68. The van der Waals surface area contributed by atoms with Crippen LogP contribution in [-0.2, 0) is 11.8 Å². The second kappa shape index (κ2) is 18.2. The van der Waals surface area contributed by atoms with E-state index in [1.165, 1.54) is 54.4 Å². The molecular formula is C32H49N3O2. The number of carbonyl (C=O) groups is 1. The Kier molecular flexibility index (Phi) is 15.7. The summed E-state index contributed by atoms with van der Waals surface area (Å²) in [6.07, 6.45) is 13.1. The van der Waals surface area contributed by atoms with Crippen molar-refractivity contribution in [3.05, 3.63) is 71.8 Å². The minimum absolute atomic E-state index is 0.666. The summed E-state index contributed by atoms with van der Waals surface area (Å²) in [7, 11) is 3.73. The highest BCUT2D eigenvalue weighted by atomic mass is 16.5. The van der Waals surface area contributed by atoms with Crippen LogP contribution >= 0.6 is 0 Å². The van der Waals surface area contributed by atoms with Crippen LogP contribution in [0.3, 0.4) is 0 Å². The number of aromatic nitrogens is 2. The maximum atomic E-state index is 10.3. The highest BCUT2D eigenvalue weighted by Crippen LogP contribution is 2.35. The van der Waals surface area contributed by atoms with Gasteiger partial charge in [-0.05, 0) is 92.3 Å². The maximum absolute atomic E-state index is 10.3. The zero-order chi connectivity index (χ0) is 27.6. The lowest BCUT2D eigenvalue weighted by Gasteiger charge is -2.28. The SMILES string of the molecule is CC.CCC.COc1cccc(-c2cn(C)cc2C)c1.Cc1cc(C2CCC(CNC=O)CC2)ccn1. The maximum Gasteiger partial charge on any atom is 0.207 e. The van der Waals surface area contributed by atoms with Gasteiger partial charge in [0, 0.05) is 43.4 Å². The summed E-state index contributed by atoms with van der Waals surface area (Å²) in [4.78, 5) is 14.5. The fraction of sp³-hybridized carbons (Fsp3) is 0.500. The van der Waals surface area contributed by atoms with Crippen molar-refractivity contribution < 1.29 is 9.53 Å². The Bertz CT molecular complexity index is 1020. The number of methoxy groups -OCH3 is 1. The van der Waals surface area contributed by atoms with Crippen molar-refractivity contribution in [1.29, 1.82) is 0 Å². The van der Waals surface area contributed by atoms with E-state index in [9.17, 15) is 4.79 Å². The first kappa shape index (κ1) is 31.9.